The number of rotatable bonds is 3. The Kier molecular flexibility index (Phi) is 4.19. The number of amides is 1. The zero-order valence-electron chi connectivity index (χ0n) is 11.3. The van der Waals surface area contributed by atoms with Crippen LogP contribution in [0.4, 0.5) is 0 Å². The molecular weight excluding hydrogens is 246 g/mol. The number of likely N-dealkylation sites (tertiary alicyclic amines) is 1. The Morgan fingerprint density at radius 3 is 2.68 bits per heavy atom. The van der Waals surface area contributed by atoms with Gasteiger partial charge in [0.05, 0.1) is 11.8 Å². The molecule has 0 aliphatic carbocycles. The highest BCUT2D eigenvalue weighted by Crippen LogP contribution is 2.16. The minimum absolute atomic E-state index is 0.121. The summed E-state index contributed by atoms with van der Waals surface area (Å²) in [6.07, 6.45) is 5.02. The zero-order chi connectivity index (χ0) is 13.8. The maximum absolute atomic E-state index is 11.9. The quantitative estimate of drug-likeness (QED) is 0.760. The Bertz CT molecular complexity index is 461. The third-order valence-corrected chi connectivity index (χ3v) is 3.40. The molecule has 0 unspecified atom stereocenters. The number of aromatic nitrogens is 2. The van der Waals surface area contributed by atoms with E-state index in [1.54, 1.807) is 18.1 Å². The van der Waals surface area contributed by atoms with E-state index in [9.17, 15) is 9.59 Å². The van der Waals surface area contributed by atoms with E-state index in [0.717, 1.165) is 25.9 Å². The predicted molar refractivity (Wildman–Crippen MR) is 68.5 cm³/mol. The van der Waals surface area contributed by atoms with Crippen LogP contribution in [0.5, 0.6) is 0 Å². The van der Waals surface area contributed by atoms with Crippen molar-refractivity contribution in [2.75, 3.05) is 19.7 Å². The third-order valence-electron chi connectivity index (χ3n) is 3.40. The lowest BCUT2D eigenvalue weighted by Crippen LogP contribution is -2.40. The molecule has 0 N–H and O–H groups in total. The third kappa shape index (κ3) is 3.56. The number of hydrogen-bond donors (Lipinski definition) is 0. The van der Waals surface area contributed by atoms with Gasteiger partial charge >= 0.3 is 5.97 Å². The molecule has 104 valence electrons. The van der Waals surface area contributed by atoms with Gasteiger partial charge in [0.2, 0.25) is 0 Å². The van der Waals surface area contributed by atoms with Crippen LogP contribution in [0.2, 0.25) is 0 Å². The lowest BCUT2D eigenvalue weighted by molar-refractivity contribution is -0.135. The standard InChI is InChI=1S/C13H19N3O3/c1-10-3-5-16(6-4-10)12(17)9-19-13(18)11-7-14-15(2)8-11/h7-8,10H,3-6,9H2,1-2H3. The van der Waals surface area contributed by atoms with Gasteiger partial charge < -0.3 is 9.64 Å². The number of piperidine rings is 1. The minimum Gasteiger partial charge on any atom is -0.452 e. The number of esters is 1. The summed E-state index contributed by atoms with van der Waals surface area (Å²) in [7, 11) is 1.72. The lowest BCUT2D eigenvalue weighted by Gasteiger charge is -2.30. The van der Waals surface area contributed by atoms with Gasteiger partial charge in [-0.15, -0.1) is 0 Å². The Hall–Kier alpha value is -1.85. The summed E-state index contributed by atoms with van der Waals surface area (Å²) in [6.45, 7) is 3.50. The number of nitrogens with zero attached hydrogens (tertiary/aromatic N) is 3. The molecular formula is C13H19N3O3. The van der Waals surface area contributed by atoms with Gasteiger partial charge in [0.1, 0.15) is 0 Å². The van der Waals surface area contributed by atoms with E-state index in [1.165, 1.54) is 10.9 Å². The van der Waals surface area contributed by atoms with Crippen molar-refractivity contribution in [2.24, 2.45) is 13.0 Å². The van der Waals surface area contributed by atoms with Crippen molar-refractivity contribution >= 4 is 11.9 Å². The molecule has 1 aromatic rings. The smallest absolute Gasteiger partial charge is 0.341 e. The Morgan fingerprint density at radius 2 is 2.11 bits per heavy atom. The zero-order valence-corrected chi connectivity index (χ0v) is 11.3. The summed E-state index contributed by atoms with van der Waals surface area (Å²) >= 11 is 0. The van der Waals surface area contributed by atoms with Gasteiger partial charge in [0.25, 0.3) is 5.91 Å². The van der Waals surface area contributed by atoms with Crippen LogP contribution in [0, 0.1) is 5.92 Å². The molecule has 1 saturated heterocycles. The number of hydrogen-bond acceptors (Lipinski definition) is 4. The van der Waals surface area contributed by atoms with E-state index in [1.807, 2.05) is 0 Å². The highest BCUT2D eigenvalue weighted by atomic mass is 16.5. The molecule has 2 rings (SSSR count). The van der Waals surface area contributed by atoms with Gasteiger partial charge in [-0.1, -0.05) is 6.92 Å². The molecule has 2 heterocycles. The van der Waals surface area contributed by atoms with Crippen molar-refractivity contribution in [1.82, 2.24) is 14.7 Å². The Balaban J connectivity index is 1.79. The molecule has 0 spiro atoms. The molecule has 1 aliphatic rings. The first-order chi connectivity index (χ1) is 9.06. The Morgan fingerprint density at radius 1 is 1.42 bits per heavy atom. The van der Waals surface area contributed by atoms with Crippen LogP contribution in [-0.4, -0.2) is 46.3 Å². The van der Waals surface area contributed by atoms with Crippen LogP contribution in [0.25, 0.3) is 0 Å². The molecule has 0 saturated carbocycles. The molecule has 19 heavy (non-hydrogen) atoms. The predicted octanol–water partition coefficient (Wildman–Crippen LogP) is 0.835. The van der Waals surface area contributed by atoms with Gasteiger partial charge in [-0.3, -0.25) is 9.48 Å². The molecule has 1 fully saturated rings. The molecule has 6 nitrogen and oxygen atoms in total. The summed E-state index contributed by atoms with van der Waals surface area (Å²) in [4.78, 5) is 25.3. The first kappa shape index (κ1) is 13.6. The normalized spacial score (nSPS) is 16.4. The summed E-state index contributed by atoms with van der Waals surface area (Å²) in [5.41, 5.74) is 0.363. The number of carbonyl (C=O) groups is 2. The second-order valence-electron chi connectivity index (χ2n) is 5.04. The fourth-order valence-corrected chi connectivity index (χ4v) is 2.09. The molecule has 0 bridgehead atoms. The molecule has 6 heteroatoms. The first-order valence-corrected chi connectivity index (χ1v) is 6.50. The van der Waals surface area contributed by atoms with Gasteiger partial charge in [0.15, 0.2) is 6.61 Å². The van der Waals surface area contributed by atoms with E-state index in [0.29, 0.717) is 11.5 Å². The second kappa shape index (κ2) is 5.86. The largest absolute Gasteiger partial charge is 0.452 e. The first-order valence-electron chi connectivity index (χ1n) is 6.50. The van der Waals surface area contributed by atoms with Crippen molar-refractivity contribution in [3.05, 3.63) is 18.0 Å². The van der Waals surface area contributed by atoms with E-state index in [4.69, 9.17) is 4.74 Å². The highest BCUT2D eigenvalue weighted by molar-refractivity contribution is 5.90. The summed E-state index contributed by atoms with van der Waals surface area (Å²) in [5.74, 6) is 0.0398. The summed E-state index contributed by atoms with van der Waals surface area (Å²) in [6, 6.07) is 0. The fraction of sp³-hybridized carbons (Fsp3) is 0.615. The average Bonchev–Trinajstić information content (AvgIpc) is 2.83. The topological polar surface area (TPSA) is 64.4 Å². The Labute approximate surface area is 112 Å². The highest BCUT2D eigenvalue weighted by Gasteiger charge is 2.21. The van der Waals surface area contributed by atoms with Gasteiger partial charge in [-0.25, -0.2) is 4.79 Å². The van der Waals surface area contributed by atoms with Gasteiger partial charge in [0, 0.05) is 26.3 Å². The van der Waals surface area contributed by atoms with E-state index >= 15 is 0 Å². The van der Waals surface area contributed by atoms with Crippen molar-refractivity contribution in [2.45, 2.75) is 19.8 Å². The number of ether oxygens (including phenoxy) is 1. The summed E-state index contributed by atoms with van der Waals surface area (Å²) in [5, 5.41) is 3.88. The monoisotopic (exact) mass is 265 g/mol. The molecule has 0 aromatic carbocycles. The van der Waals surface area contributed by atoms with Crippen molar-refractivity contribution in [1.29, 1.82) is 0 Å². The van der Waals surface area contributed by atoms with Crippen LogP contribution >= 0.6 is 0 Å². The lowest BCUT2D eigenvalue weighted by atomic mass is 9.99. The molecule has 1 amide bonds. The van der Waals surface area contributed by atoms with Crippen molar-refractivity contribution in [3.63, 3.8) is 0 Å². The number of aryl methyl sites for hydroxylation is 1. The van der Waals surface area contributed by atoms with E-state index < -0.39 is 5.97 Å². The van der Waals surface area contributed by atoms with E-state index in [2.05, 4.69) is 12.0 Å². The SMILES string of the molecule is CC1CCN(C(=O)COC(=O)c2cnn(C)c2)CC1. The minimum atomic E-state index is -0.508. The molecule has 1 aromatic heterocycles. The van der Waals surface area contributed by atoms with E-state index in [-0.39, 0.29) is 12.5 Å². The fourth-order valence-electron chi connectivity index (χ4n) is 2.09. The maximum Gasteiger partial charge on any atom is 0.341 e. The summed E-state index contributed by atoms with van der Waals surface area (Å²) < 4.78 is 6.52. The molecule has 1 aliphatic heterocycles. The van der Waals surface area contributed by atoms with Gasteiger partial charge in [-0.2, -0.15) is 5.10 Å². The second-order valence-corrected chi connectivity index (χ2v) is 5.04. The van der Waals surface area contributed by atoms with Crippen LogP contribution in [-0.2, 0) is 16.6 Å². The molecule has 0 atom stereocenters. The van der Waals surface area contributed by atoms with Crippen LogP contribution in [0.1, 0.15) is 30.1 Å². The van der Waals surface area contributed by atoms with Crippen molar-refractivity contribution < 1.29 is 14.3 Å². The van der Waals surface area contributed by atoms with Gasteiger partial charge in [-0.05, 0) is 18.8 Å². The maximum atomic E-state index is 11.9. The average molecular weight is 265 g/mol. The van der Waals surface area contributed by atoms with Crippen LogP contribution in [0.3, 0.4) is 0 Å². The van der Waals surface area contributed by atoms with Crippen LogP contribution in [0.15, 0.2) is 12.4 Å². The van der Waals surface area contributed by atoms with Crippen molar-refractivity contribution in [3.8, 4) is 0 Å². The molecule has 0 radical (unpaired) electrons. The van der Waals surface area contributed by atoms with Crippen LogP contribution < -0.4 is 0 Å². The number of carbonyl (C=O) groups excluding carboxylic acids is 2.